The third-order valence-corrected chi connectivity index (χ3v) is 3.82. The topological polar surface area (TPSA) is 43.7 Å². The van der Waals surface area contributed by atoms with E-state index < -0.39 is 6.10 Å². The van der Waals surface area contributed by atoms with Crippen LogP contribution in [-0.4, -0.2) is 23.3 Å². The Kier molecular flexibility index (Phi) is 3.29. The van der Waals surface area contributed by atoms with E-state index in [1.54, 1.807) is 13.0 Å². The Labute approximate surface area is 103 Å². The average molecular weight is 235 g/mol. The maximum atomic E-state index is 9.87. The number of hydrogen-bond acceptors (Lipinski definition) is 3. The molecule has 3 nitrogen and oxygen atoms in total. The van der Waals surface area contributed by atoms with Crippen LogP contribution in [0.5, 0.6) is 5.75 Å². The first-order valence-electron chi connectivity index (χ1n) is 6.25. The molecule has 1 fully saturated rings. The number of hydrogen-bond donors (Lipinski definition) is 2. The second-order valence-corrected chi connectivity index (χ2v) is 5.28. The molecule has 3 unspecified atom stereocenters. The van der Waals surface area contributed by atoms with E-state index in [1.807, 2.05) is 12.1 Å². The molecule has 1 saturated heterocycles. The Balaban J connectivity index is 2.21. The van der Waals surface area contributed by atoms with Crippen molar-refractivity contribution in [2.24, 2.45) is 11.8 Å². The monoisotopic (exact) mass is 235 g/mol. The quantitative estimate of drug-likeness (QED) is 0.828. The minimum Gasteiger partial charge on any atom is -0.507 e. The van der Waals surface area contributed by atoms with Gasteiger partial charge in [0.25, 0.3) is 0 Å². The molecule has 2 rings (SSSR count). The Hall–Kier alpha value is -1.22. The van der Waals surface area contributed by atoms with Crippen molar-refractivity contribution in [1.82, 2.24) is 0 Å². The number of aromatic hydroxyl groups is 1. The summed E-state index contributed by atoms with van der Waals surface area (Å²) in [5.41, 5.74) is 1.64. The van der Waals surface area contributed by atoms with Crippen LogP contribution in [0.3, 0.4) is 0 Å². The lowest BCUT2D eigenvalue weighted by Gasteiger charge is -2.20. The highest BCUT2D eigenvalue weighted by atomic mass is 16.3. The van der Waals surface area contributed by atoms with Gasteiger partial charge < -0.3 is 15.1 Å². The number of benzene rings is 1. The molecule has 17 heavy (non-hydrogen) atoms. The van der Waals surface area contributed by atoms with Gasteiger partial charge >= 0.3 is 0 Å². The lowest BCUT2D eigenvalue weighted by atomic mass is 10.0. The van der Waals surface area contributed by atoms with Crippen molar-refractivity contribution in [1.29, 1.82) is 0 Å². The molecule has 0 aromatic heterocycles. The average Bonchev–Trinajstić information content (AvgIpc) is 2.58. The highest BCUT2D eigenvalue weighted by Gasteiger charge is 2.26. The summed E-state index contributed by atoms with van der Waals surface area (Å²) in [4.78, 5) is 2.29. The Morgan fingerprint density at radius 1 is 1.24 bits per heavy atom. The molecule has 0 spiro atoms. The SMILES string of the molecule is CC(O)c1ccc(N2CC(C)C(C)C2)cc1O. The first-order valence-corrected chi connectivity index (χ1v) is 6.25. The predicted octanol–water partition coefficient (Wildman–Crippen LogP) is 2.54. The minimum atomic E-state index is -0.625. The van der Waals surface area contributed by atoms with Crippen LogP contribution in [0.2, 0.25) is 0 Å². The molecule has 1 aliphatic rings. The van der Waals surface area contributed by atoms with E-state index in [2.05, 4.69) is 18.7 Å². The maximum Gasteiger partial charge on any atom is 0.123 e. The van der Waals surface area contributed by atoms with Gasteiger partial charge in [0.1, 0.15) is 5.75 Å². The van der Waals surface area contributed by atoms with Gasteiger partial charge in [0, 0.05) is 30.4 Å². The van der Waals surface area contributed by atoms with Crippen molar-refractivity contribution in [3.63, 3.8) is 0 Å². The fraction of sp³-hybridized carbons (Fsp3) is 0.571. The number of aliphatic hydroxyl groups is 1. The minimum absolute atomic E-state index is 0.185. The van der Waals surface area contributed by atoms with Gasteiger partial charge in [0.05, 0.1) is 6.10 Å². The standard InChI is InChI=1S/C14H21NO2/c1-9-7-15(8-10(9)2)12-4-5-13(11(3)16)14(17)6-12/h4-6,9-11,16-17H,7-8H2,1-3H3. The maximum absolute atomic E-state index is 9.87. The lowest BCUT2D eigenvalue weighted by molar-refractivity contribution is 0.195. The molecule has 1 aliphatic heterocycles. The fourth-order valence-electron chi connectivity index (χ4n) is 2.42. The van der Waals surface area contributed by atoms with Crippen molar-refractivity contribution in [2.45, 2.75) is 26.9 Å². The zero-order valence-corrected chi connectivity index (χ0v) is 10.7. The summed E-state index contributed by atoms with van der Waals surface area (Å²) in [6.45, 7) is 8.25. The summed E-state index contributed by atoms with van der Waals surface area (Å²) >= 11 is 0. The Morgan fingerprint density at radius 3 is 2.29 bits per heavy atom. The van der Waals surface area contributed by atoms with Crippen LogP contribution >= 0.6 is 0 Å². The Bertz CT molecular complexity index is 393. The summed E-state index contributed by atoms with van der Waals surface area (Å²) in [5.74, 6) is 1.56. The van der Waals surface area contributed by atoms with Crippen molar-refractivity contribution in [2.75, 3.05) is 18.0 Å². The summed E-state index contributed by atoms with van der Waals surface area (Å²) in [6, 6.07) is 5.54. The van der Waals surface area contributed by atoms with Crippen LogP contribution in [0.4, 0.5) is 5.69 Å². The van der Waals surface area contributed by atoms with Gasteiger partial charge in [-0.15, -0.1) is 0 Å². The zero-order chi connectivity index (χ0) is 12.6. The first-order chi connectivity index (χ1) is 7.99. The van der Waals surface area contributed by atoms with Crippen LogP contribution in [0.25, 0.3) is 0 Å². The van der Waals surface area contributed by atoms with E-state index in [-0.39, 0.29) is 5.75 Å². The molecule has 0 bridgehead atoms. The lowest BCUT2D eigenvalue weighted by Crippen LogP contribution is -2.19. The summed E-state index contributed by atoms with van der Waals surface area (Å²) in [7, 11) is 0. The first kappa shape index (κ1) is 12.2. The van der Waals surface area contributed by atoms with E-state index in [0.717, 1.165) is 18.8 Å². The molecule has 2 N–H and O–H groups in total. The van der Waals surface area contributed by atoms with Gasteiger partial charge in [-0.3, -0.25) is 0 Å². The highest BCUT2D eigenvalue weighted by molar-refractivity contribution is 5.54. The number of aliphatic hydroxyl groups excluding tert-OH is 1. The number of rotatable bonds is 2. The normalized spacial score (nSPS) is 26.2. The van der Waals surface area contributed by atoms with E-state index in [4.69, 9.17) is 0 Å². The van der Waals surface area contributed by atoms with E-state index in [9.17, 15) is 10.2 Å². The van der Waals surface area contributed by atoms with Crippen LogP contribution in [0.15, 0.2) is 18.2 Å². The van der Waals surface area contributed by atoms with E-state index in [0.29, 0.717) is 17.4 Å². The molecule has 1 aromatic rings. The zero-order valence-electron chi connectivity index (χ0n) is 10.7. The van der Waals surface area contributed by atoms with Crippen LogP contribution in [0.1, 0.15) is 32.4 Å². The molecule has 0 saturated carbocycles. The number of phenolic OH excluding ortho intramolecular Hbond substituents is 1. The molecular weight excluding hydrogens is 214 g/mol. The second-order valence-electron chi connectivity index (χ2n) is 5.28. The number of anilines is 1. The molecule has 1 heterocycles. The number of phenols is 1. The summed E-state index contributed by atoms with van der Waals surface area (Å²) < 4.78 is 0. The Morgan fingerprint density at radius 2 is 1.82 bits per heavy atom. The van der Waals surface area contributed by atoms with Crippen LogP contribution in [0, 0.1) is 11.8 Å². The van der Waals surface area contributed by atoms with Crippen LogP contribution in [-0.2, 0) is 0 Å². The third-order valence-electron chi connectivity index (χ3n) is 3.82. The molecule has 0 aliphatic carbocycles. The van der Waals surface area contributed by atoms with Gasteiger partial charge in [-0.1, -0.05) is 19.9 Å². The van der Waals surface area contributed by atoms with Crippen molar-refractivity contribution in [3.8, 4) is 5.75 Å². The summed E-state index contributed by atoms with van der Waals surface area (Å²) in [5, 5.41) is 19.3. The molecule has 3 heteroatoms. The number of nitrogens with zero attached hydrogens (tertiary/aromatic N) is 1. The molecule has 1 aromatic carbocycles. The molecule has 0 radical (unpaired) electrons. The predicted molar refractivity (Wildman–Crippen MR) is 69.3 cm³/mol. The third kappa shape index (κ3) is 2.39. The van der Waals surface area contributed by atoms with Gasteiger partial charge in [0.15, 0.2) is 0 Å². The molecular formula is C14H21NO2. The summed E-state index contributed by atoms with van der Waals surface area (Å²) in [6.07, 6.45) is -0.625. The molecule has 3 atom stereocenters. The smallest absolute Gasteiger partial charge is 0.123 e. The van der Waals surface area contributed by atoms with Gasteiger partial charge in [-0.25, -0.2) is 0 Å². The van der Waals surface area contributed by atoms with Gasteiger partial charge in [-0.05, 0) is 24.8 Å². The molecule has 0 amide bonds. The van der Waals surface area contributed by atoms with E-state index in [1.165, 1.54) is 0 Å². The van der Waals surface area contributed by atoms with Gasteiger partial charge in [-0.2, -0.15) is 0 Å². The van der Waals surface area contributed by atoms with Gasteiger partial charge in [0.2, 0.25) is 0 Å². The van der Waals surface area contributed by atoms with Crippen molar-refractivity contribution < 1.29 is 10.2 Å². The largest absolute Gasteiger partial charge is 0.507 e. The highest BCUT2D eigenvalue weighted by Crippen LogP contribution is 2.32. The van der Waals surface area contributed by atoms with E-state index >= 15 is 0 Å². The molecule has 94 valence electrons. The fourth-order valence-corrected chi connectivity index (χ4v) is 2.42. The van der Waals surface area contributed by atoms with Crippen molar-refractivity contribution >= 4 is 5.69 Å². The second kappa shape index (κ2) is 4.57. The van der Waals surface area contributed by atoms with Crippen molar-refractivity contribution in [3.05, 3.63) is 23.8 Å². The van der Waals surface area contributed by atoms with Crippen LogP contribution < -0.4 is 4.90 Å².